The third-order valence-electron chi connectivity index (χ3n) is 6.34. The van der Waals surface area contributed by atoms with Gasteiger partial charge >= 0.3 is 6.18 Å². The van der Waals surface area contributed by atoms with Gasteiger partial charge in [-0.1, -0.05) is 30.3 Å². The van der Waals surface area contributed by atoms with Gasteiger partial charge in [-0.15, -0.1) is 0 Å². The lowest BCUT2D eigenvalue weighted by molar-refractivity contribution is -0.137. The van der Waals surface area contributed by atoms with Crippen LogP contribution in [0.25, 0.3) is 11.3 Å². The van der Waals surface area contributed by atoms with Gasteiger partial charge in [0, 0.05) is 43.2 Å². The maximum Gasteiger partial charge on any atom is 0.416 e. The zero-order chi connectivity index (χ0) is 26.9. The first-order chi connectivity index (χ1) is 18.2. The third kappa shape index (κ3) is 5.24. The molecule has 2 aromatic carbocycles. The van der Waals surface area contributed by atoms with Gasteiger partial charge in [0.15, 0.2) is 0 Å². The highest BCUT2D eigenvalue weighted by molar-refractivity contribution is 6.06. The van der Waals surface area contributed by atoms with Crippen LogP contribution in [-0.2, 0) is 23.8 Å². The summed E-state index contributed by atoms with van der Waals surface area (Å²) in [4.78, 5) is 35.0. The van der Waals surface area contributed by atoms with E-state index in [9.17, 15) is 22.8 Å². The van der Waals surface area contributed by atoms with Gasteiger partial charge in [0.25, 0.3) is 5.91 Å². The van der Waals surface area contributed by atoms with Crippen LogP contribution in [0, 0.1) is 0 Å². The highest BCUT2D eigenvalue weighted by atomic mass is 19.4. The van der Waals surface area contributed by atoms with Crippen LogP contribution in [-0.4, -0.2) is 40.3 Å². The number of hydrogen-bond donors (Lipinski definition) is 3. The number of likely N-dealkylation sites (N-methyl/N-ethyl adjacent to an activating group) is 1. The molecule has 0 saturated heterocycles. The summed E-state index contributed by atoms with van der Waals surface area (Å²) < 4.78 is 38.4. The molecule has 1 aliphatic heterocycles. The average Bonchev–Trinajstić information content (AvgIpc) is 3.25. The van der Waals surface area contributed by atoms with Gasteiger partial charge in [-0.05, 0) is 42.0 Å². The van der Waals surface area contributed by atoms with E-state index in [1.165, 1.54) is 12.1 Å². The Morgan fingerprint density at radius 1 is 1.08 bits per heavy atom. The molecule has 0 saturated carbocycles. The number of benzene rings is 2. The van der Waals surface area contributed by atoms with Crippen molar-refractivity contribution in [3.8, 4) is 11.3 Å². The molecule has 2 aromatic heterocycles. The normalized spacial score (nSPS) is 13.3. The number of para-hydroxylation sites is 1. The number of anilines is 3. The van der Waals surface area contributed by atoms with Gasteiger partial charge < -0.3 is 20.5 Å². The third-order valence-corrected chi connectivity index (χ3v) is 6.34. The maximum atomic E-state index is 13.1. The fraction of sp³-hybridized carbons (Fsp3) is 0.179. The van der Waals surface area contributed by atoms with E-state index >= 15 is 0 Å². The van der Waals surface area contributed by atoms with Crippen LogP contribution in [0.5, 0.6) is 0 Å². The number of H-pyrrole nitrogens is 1. The molecule has 0 fully saturated rings. The molecule has 2 amide bonds. The lowest BCUT2D eigenvalue weighted by atomic mass is 10.0. The fourth-order valence-corrected chi connectivity index (χ4v) is 4.39. The van der Waals surface area contributed by atoms with Crippen molar-refractivity contribution in [2.45, 2.75) is 19.0 Å². The molecule has 0 unspecified atom stereocenters. The lowest BCUT2D eigenvalue weighted by Gasteiger charge is -2.23. The van der Waals surface area contributed by atoms with E-state index in [2.05, 4.69) is 20.6 Å². The van der Waals surface area contributed by atoms with Crippen LogP contribution in [0.15, 0.2) is 72.9 Å². The van der Waals surface area contributed by atoms with Gasteiger partial charge in [-0.3, -0.25) is 9.59 Å². The minimum atomic E-state index is -4.43. The molecule has 3 heterocycles. The smallest absolute Gasteiger partial charge is 0.356 e. The predicted octanol–water partition coefficient (Wildman–Crippen LogP) is 5.65. The fourth-order valence-electron chi connectivity index (χ4n) is 4.39. The van der Waals surface area contributed by atoms with E-state index < -0.39 is 17.6 Å². The monoisotopic (exact) mass is 519 g/mol. The number of halogens is 3. The summed E-state index contributed by atoms with van der Waals surface area (Å²) in [6.07, 6.45) is -2.33. The first-order valence-electron chi connectivity index (χ1n) is 11.9. The molecule has 3 N–H and O–H groups in total. The Bertz CT molecular complexity index is 1480. The van der Waals surface area contributed by atoms with E-state index in [4.69, 9.17) is 0 Å². The second-order valence-corrected chi connectivity index (χ2v) is 9.05. The Kier molecular flexibility index (Phi) is 6.62. The summed E-state index contributed by atoms with van der Waals surface area (Å²) in [6, 6.07) is 17.4. The van der Waals surface area contributed by atoms with Crippen LogP contribution in [0.4, 0.5) is 30.4 Å². The van der Waals surface area contributed by atoms with E-state index in [0.29, 0.717) is 41.0 Å². The molecular weight excluding hydrogens is 495 g/mol. The van der Waals surface area contributed by atoms with E-state index in [1.54, 1.807) is 30.3 Å². The molecule has 0 radical (unpaired) electrons. The largest absolute Gasteiger partial charge is 0.416 e. The van der Waals surface area contributed by atoms with Crippen molar-refractivity contribution in [1.82, 2.24) is 14.9 Å². The maximum absolute atomic E-state index is 13.1. The van der Waals surface area contributed by atoms with Crippen molar-refractivity contribution < 1.29 is 22.8 Å². The first-order valence-corrected chi connectivity index (χ1v) is 11.9. The number of nitrogens with zero attached hydrogens (tertiary/aromatic N) is 2. The molecular formula is C28H24F3N5O2. The van der Waals surface area contributed by atoms with Crippen LogP contribution in [0.1, 0.15) is 27.2 Å². The summed E-state index contributed by atoms with van der Waals surface area (Å²) in [6.45, 7) is 0.595. The molecule has 4 aromatic rings. The Morgan fingerprint density at radius 3 is 2.53 bits per heavy atom. The van der Waals surface area contributed by atoms with E-state index in [-0.39, 0.29) is 18.1 Å². The Labute approximate surface area is 216 Å². The zero-order valence-corrected chi connectivity index (χ0v) is 20.4. The highest BCUT2D eigenvalue weighted by Crippen LogP contribution is 2.38. The Balaban J connectivity index is 1.41. The summed E-state index contributed by atoms with van der Waals surface area (Å²) in [5.41, 5.74) is 3.91. The van der Waals surface area contributed by atoms with Crippen molar-refractivity contribution in [2.24, 2.45) is 0 Å². The number of aromatic nitrogens is 2. The number of nitrogens with one attached hydrogen (secondary N) is 3. The number of alkyl halides is 3. The minimum absolute atomic E-state index is 0.0914. The van der Waals surface area contributed by atoms with E-state index in [0.717, 1.165) is 23.5 Å². The number of rotatable bonds is 6. The molecule has 0 bridgehead atoms. The van der Waals surface area contributed by atoms with Crippen LogP contribution in [0.3, 0.4) is 0 Å². The van der Waals surface area contributed by atoms with E-state index in [1.807, 2.05) is 30.3 Å². The zero-order valence-electron chi connectivity index (χ0n) is 20.4. The molecule has 0 aliphatic carbocycles. The first kappa shape index (κ1) is 25.1. The molecule has 0 spiro atoms. The Hall–Kier alpha value is -4.60. The molecule has 194 valence electrons. The van der Waals surface area contributed by atoms with Crippen LogP contribution < -0.4 is 10.6 Å². The number of carbonyl (C=O) groups is 2. The van der Waals surface area contributed by atoms with Gasteiger partial charge in [0.05, 0.1) is 28.9 Å². The molecule has 10 heteroatoms. The lowest BCUT2D eigenvalue weighted by Crippen LogP contribution is -2.34. The summed E-state index contributed by atoms with van der Waals surface area (Å²) >= 11 is 0. The molecule has 7 nitrogen and oxygen atoms in total. The molecule has 0 atom stereocenters. The van der Waals surface area contributed by atoms with Crippen molar-refractivity contribution in [1.29, 1.82) is 0 Å². The predicted molar refractivity (Wildman–Crippen MR) is 138 cm³/mol. The SMILES string of the molecule is CN1CCc2[nH]c(-c3ccnc(NC(=O)Cc4ccc(C(F)(F)F)cc4)c3)c(Nc3ccccc3)c2C1=O. The van der Waals surface area contributed by atoms with Gasteiger partial charge in [0.2, 0.25) is 5.91 Å². The quantitative estimate of drug-likeness (QED) is 0.307. The van der Waals surface area contributed by atoms with Crippen LogP contribution >= 0.6 is 0 Å². The Morgan fingerprint density at radius 2 is 1.82 bits per heavy atom. The number of pyridine rings is 1. The highest BCUT2D eigenvalue weighted by Gasteiger charge is 2.31. The summed E-state index contributed by atoms with van der Waals surface area (Å²) in [7, 11) is 1.76. The number of carbonyl (C=O) groups excluding carboxylic acids is 2. The number of fused-ring (bicyclic) bond motifs is 1. The second kappa shape index (κ2) is 10.0. The van der Waals surface area contributed by atoms with Crippen molar-refractivity contribution in [3.63, 3.8) is 0 Å². The summed E-state index contributed by atoms with van der Waals surface area (Å²) in [5, 5.41) is 6.08. The number of hydrogen-bond acceptors (Lipinski definition) is 4. The number of amides is 2. The molecule has 1 aliphatic rings. The van der Waals surface area contributed by atoms with Crippen molar-refractivity contribution in [3.05, 3.63) is 95.3 Å². The standard InChI is InChI=1S/C28H24F3N5O2/c1-36-14-12-21-24(27(36)38)26(33-20-5-3-2-4-6-20)25(34-21)18-11-13-32-22(16-18)35-23(37)15-17-7-9-19(10-8-17)28(29,30)31/h2-11,13,16,33-34H,12,14-15H2,1H3,(H,32,35,37). The van der Waals surface area contributed by atoms with Crippen molar-refractivity contribution >= 4 is 29.0 Å². The van der Waals surface area contributed by atoms with Gasteiger partial charge in [-0.2, -0.15) is 13.2 Å². The molecule has 38 heavy (non-hydrogen) atoms. The number of aromatic amines is 1. The van der Waals surface area contributed by atoms with Gasteiger partial charge in [-0.25, -0.2) is 4.98 Å². The summed E-state index contributed by atoms with van der Waals surface area (Å²) in [5.74, 6) is -0.230. The molecule has 5 rings (SSSR count). The minimum Gasteiger partial charge on any atom is -0.356 e. The van der Waals surface area contributed by atoms with Crippen LogP contribution in [0.2, 0.25) is 0 Å². The average molecular weight is 520 g/mol. The van der Waals surface area contributed by atoms with Gasteiger partial charge in [0.1, 0.15) is 5.82 Å². The van der Waals surface area contributed by atoms with Crippen molar-refractivity contribution in [2.75, 3.05) is 24.2 Å². The second-order valence-electron chi connectivity index (χ2n) is 9.05. The topological polar surface area (TPSA) is 90.1 Å².